The van der Waals surface area contributed by atoms with Gasteiger partial charge in [-0.1, -0.05) is 29.8 Å². The number of nitrogens with zero attached hydrogens (tertiary/aromatic N) is 1. The van der Waals surface area contributed by atoms with Crippen molar-refractivity contribution in [2.24, 2.45) is 0 Å². The lowest BCUT2D eigenvalue weighted by atomic mass is 9.96. The summed E-state index contributed by atoms with van der Waals surface area (Å²) in [6.07, 6.45) is 2.06. The van der Waals surface area contributed by atoms with Crippen LogP contribution in [0.3, 0.4) is 0 Å². The topological polar surface area (TPSA) is 77.3 Å². The highest BCUT2D eigenvalue weighted by Gasteiger charge is 2.56. The van der Waals surface area contributed by atoms with Crippen LogP contribution >= 0.6 is 0 Å². The summed E-state index contributed by atoms with van der Waals surface area (Å²) < 4.78 is 25.2. The molecule has 6 heteroatoms. The normalized spacial score (nSPS) is 23.7. The lowest BCUT2D eigenvalue weighted by molar-refractivity contribution is -0.541. The van der Waals surface area contributed by atoms with Crippen molar-refractivity contribution in [3.8, 4) is 0 Å². The fourth-order valence-electron chi connectivity index (χ4n) is 2.26. The molecule has 1 aromatic rings. The van der Waals surface area contributed by atoms with Gasteiger partial charge in [0, 0.05) is 11.3 Å². The van der Waals surface area contributed by atoms with E-state index in [2.05, 4.69) is 0 Å². The van der Waals surface area contributed by atoms with Gasteiger partial charge in [-0.2, -0.15) is 0 Å². The summed E-state index contributed by atoms with van der Waals surface area (Å²) in [5.41, 5.74) is 1.00. The van der Waals surface area contributed by atoms with Gasteiger partial charge >= 0.3 is 4.87 Å². The van der Waals surface area contributed by atoms with Crippen LogP contribution in [-0.2, 0) is 9.84 Å². The monoisotopic (exact) mass is 281 g/mol. The first-order valence-corrected chi connectivity index (χ1v) is 7.48. The molecular weight excluding hydrogens is 266 g/mol. The van der Waals surface area contributed by atoms with Crippen LogP contribution < -0.4 is 0 Å². The molecule has 1 aliphatic carbocycles. The molecule has 1 unspecified atom stereocenters. The Morgan fingerprint density at radius 2 is 1.89 bits per heavy atom. The Balaban J connectivity index is 2.55. The maximum Gasteiger partial charge on any atom is 0.327 e. The molecule has 1 atom stereocenters. The summed E-state index contributed by atoms with van der Waals surface area (Å²) in [6.45, 7) is 1.86. The Morgan fingerprint density at radius 1 is 1.26 bits per heavy atom. The summed E-state index contributed by atoms with van der Waals surface area (Å²) in [5, 5.41) is 11.4. The summed E-state index contributed by atoms with van der Waals surface area (Å²) in [5.74, 6) is 0. The molecule has 0 heterocycles. The molecule has 0 N–H and O–H groups in total. The molecular formula is C13H15NO4S. The number of allylic oxidation sites excluding steroid dienone is 1. The molecule has 1 aliphatic rings. The highest BCUT2D eigenvalue weighted by molar-refractivity contribution is 7.92. The van der Waals surface area contributed by atoms with E-state index >= 15 is 0 Å². The van der Waals surface area contributed by atoms with Crippen molar-refractivity contribution in [3.05, 3.63) is 52.1 Å². The van der Waals surface area contributed by atoms with Crippen molar-refractivity contribution < 1.29 is 13.3 Å². The Hall–Kier alpha value is -1.69. The molecule has 0 aliphatic heterocycles. The first kappa shape index (κ1) is 13.7. The Morgan fingerprint density at radius 3 is 2.37 bits per heavy atom. The van der Waals surface area contributed by atoms with Gasteiger partial charge < -0.3 is 0 Å². The highest BCUT2D eigenvalue weighted by Crippen LogP contribution is 2.38. The summed E-state index contributed by atoms with van der Waals surface area (Å²) in [6, 6.07) is 7.65. The molecule has 0 aromatic heterocycles. The largest absolute Gasteiger partial charge is 0.327 e. The number of sulfone groups is 1. The number of hydrogen-bond acceptors (Lipinski definition) is 4. The molecule has 0 spiro atoms. The first-order valence-electron chi connectivity index (χ1n) is 6.00. The van der Waals surface area contributed by atoms with Crippen LogP contribution in [0.2, 0.25) is 0 Å². The van der Waals surface area contributed by atoms with Gasteiger partial charge in [0.05, 0.1) is 11.3 Å². The number of hydrogen-bond donors (Lipinski definition) is 0. The van der Waals surface area contributed by atoms with Crippen LogP contribution in [0.1, 0.15) is 26.2 Å². The van der Waals surface area contributed by atoms with Crippen LogP contribution in [0.5, 0.6) is 0 Å². The third-order valence-corrected chi connectivity index (χ3v) is 5.98. The van der Waals surface area contributed by atoms with E-state index in [4.69, 9.17) is 0 Å². The van der Waals surface area contributed by atoms with E-state index < -0.39 is 19.6 Å². The minimum atomic E-state index is -3.99. The average Bonchev–Trinajstić information content (AvgIpc) is 2.40. The van der Waals surface area contributed by atoms with Crippen molar-refractivity contribution in [3.63, 3.8) is 0 Å². The molecule has 19 heavy (non-hydrogen) atoms. The molecule has 0 fully saturated rings. The smallest absolute Gasteiger partial charge is 0.263 e. The first-order chi connectivity index (χ1) is 8.90. The van der Waals surface area contributed by atoms with E-state index in [-0.39, 0.29) is 17.7 Å². The van der Waals surface area contributed by atoms with Crippen molar-refractivity contribution in [1.29, 1.82) is 0 Å². The molecule has 2 rings (SSSR count). The predicted molar refractivity (Wildman–Crippen MR) is 71.0 cm³/mol. The van der Waals surface area contributed by atoms with E-state index in [1.54, 1.807) is 24.3 Å². The van der Waals surface area contributed by atoms with Gasteiger partial charge in [0.2, 0.25) is 9.84 Å². The molecule has 0 bridgehead atoms. The van der Waals surface area contributed by atoms with Crippen molar-refractivity contribution >= 4 is 9.84 Å². The standard InChI is InChI=1S/C13H15NO4S/c1-11-7-9-13(10-8-11,14(15)16)19(17,18)12-5-3-2-4-6-12/h2-7H,8-10H2,1H3. The van der Waals surface area contributed by atoms with Crippen molar-refractivity contribution in [2.75, 3.05) is 0 Å². The van der Waals surface area contributed by atoms with Gasteiger partial charge in [0.15, 0.2) is 0 Å². The van der Waals surface area contributed by atoms with Crippen molar-refractivity contribution in [2.45, 2.75) is 36.0 Å². The summed E-state index contributed by atoms with van der Waals surface area (Å²) in [4.78, 5) is 8.85. The zero-order valence-electron chi connectivity index (χ0n) is 10.6. The molecule has 0 saturated carbocycles. The van der Waals surface area contributed by atoms with Gasteiger partial charge in [0.25, 0.3) is 0 Å². The van der Waals surface area contributed by atoms with Gasteiger partial charge in [-0.3, -0.25) is 10.1 Å². The van der Waals surface area contributed by atoms with Crippen LogP contribution in [-0.4, -0.2) is 18.2 Å². The number of rotatable bonds is 3. The number of benzene rings is 1. The molecule has 0 radical (unpaired) electrons. The molecule has 5 nitrogen and oxygen atoms in total. The maximum absolute atomic E-state index is 12.6. The second-order valence-electron chi connectivity index (χ2n) is 4.77. The lowest BCUT2D eigenvalue weighted by Crippen LogP contribution is -2.47. The van der Waals surface area contributed by atoms with Gasteiger partial charge in [-0.25, -0.2) is 8.42 Å². The quantitative estimate of drug-likeness (QED) is 0.484. The number of nitro groups is 1. The molecule has 102 valence electrons. The Labute approximate surface area is 112 Å². The van der Waals surface area contributed by atoms with Gasteiger partial charge in [-0.15, -0.1) is 0 Å². The zero-order chi connectivity index (χ0) is 14.1. The molecule has 0 amide bonds. The van der Waals surface area contributed by atoms with Gasteiger partial charge in [-0.05, 0) is 25.5 Å². The maximum atomic E-state index is 12.6. The third-order valence-electron chi connectivity index (χ3n) is 3.57. The van der Waals surface area contributed by atoms with E-state index in [1.165, 1.54) is 12.1 Å². The minimum absolute atomic E-state index is 0.0136. The third kappa shape index (κ3) is 2.16. The van der Waals surface area contributed by atoms with Crippen molar-refractivity contribution in [1.82, 2.24) is 0 Å². The van der Waals surface area contributed by atoms with Crippen LogP contribution in [0.25, 0.3) is 0 Å². The second kappa shape index (κ2) is 4.77. The lowest BCUT2D eigenvalue weighted by Gasteiger charge is -2.27. The van der Waals surface area contributed by atoms with E-state index in [9.17, 15) is 18.5 Å². The zero-order valence-corrected chi connectivity index (χ0v) is 11.4. The Kier molecular flexibility index (Phi) is 3.45. The molecule has 0 saturated heterocycles. The van der Waals surface area contributed by atoms with E-state index in [0.717, 1.165) is 5.57 Å². The minimum Gasteiger partial charge on any atom is -0.263 e. The summed E-state index contributed by atoms with van der Waals surface area (Å²) >= 11 is 0. The van der Waals surface area contributed by atoms with Crippen LogP contribution in [0.15, 0.2) is 46.9 Å². The SMILES string of the molecule is CC1=CCC([N+](=O)[O-])(S(=O)(=O)c2ccccc2)CC1. The summed E-state index contributed by atoms with van der Waals surface area (Å²) in [7, 11) is -3.99. The Bertz CT molecular complexity index is 621. The average molecular weight is 281 g/mol. The highest BCUT2D eigenvalue weighted by atomic mass is 32.2. The molecule has 1 aromatic carbocycles. The predicted octanol–water partition coefficient (Wildman–Crippen LogP) is 2.56. The second-order valence-corrected chi connectivity index (χ2v) is 7.01. The fourth-order valence-corrected chi connectivity index (χ4v) is 4.08. The fraction of sp³-hybridized carbons (Fsp3) is 0.385. The van der Waals surface area contributed by atoms with Crippen LogP contribution in [0.4, 0.5) is 0 Å². The van der Waals surface area contributed by atoms with Gasteiger partial charge in [0.1, 0.15) is 0 Å². The van der Waals surface area contributed by atoms with Crippen LogP contribution in [0, 0.1) is 10.1 Å². The van der Waals surface area contributed by atoms with E-state index in [1.807, 2.05) is 6.92 Å². The van der Waals surface area contributed by atoms with E-state index in [0.29, 0.717) is 6.42 Å².